The van der Waals surface area contributed by atoms with E-state index in [1.807, 2.05) is 17.3 Å². The van der Waals surface area contributed by atoms with Crippen molar-refractivity contribution in [1.82, 2.24) is 10.4 Å². The number of hydrogen-bond acceptors (Lipinski definition) is 3. The zero-order valence-electron chi connectivity index (χ0n) is 5.42. The van der Waals surface area contributed by atoms with E-state index < -0.39 is 0 Å². The SMILES string of the molecule is BrC1CNN2C=CCN=C12. The maximum absolute atomic E-state index is 4.32. The van der Waals surface area contributed by atoms with Crippen LogP contribution in [-0.2, 0) is 0 Å². The quantitative estimate of drug-likeness (QED) is 0.579. The molecule has 2 aliphatic rings. The molecule has 1 saturated heterocycles. The first-order valence-electron chi connectivity index (χ1n) is 3.26. The first kappa shape index (κ1) is 6.37. The summed E-state index contributed by atoms with van der Waals surface area (Å²) >= 11 is 3.51. The molecule has 10 heavy (non-hydrogen) atoms. The van der Waals surface area contributed by atoms with Crippen molar-refractivity contribution >= 4 is 21.8 Å². The highest BCUT2D eigenvalue weighted by Crippen LogP contribution is 2.14. The molecule has 2 heterocycles. The van der Waals surface area contributed by atoms with Gasteiger partial charge < -0.3 is 0 Å². The van der Waals surface area contributed by atoms with Crippen LogP contribution in [0.4, 0.5) is 0 Å². The van der Waals surface area contributed by atoms with E-state index >= 15 is 0 Å². The maximum Gasteiger partial charge on any atom is 0.133 e. The van der Waals surface area contributed by atoms with Crippen molar-refractivity contribution in [2.75, 3.05) is 13.1 Å². The van der Waals surface area contributed by atoms with Crippen LogP contribution in [-0.4, -0.2) is 28.8 Å². The van der Waals surface area contributed by atoms with Gasteiger partial charge in [-0.25, -0.2) is 5.43 Å². The number of halogens is 1. The monoisotopic (exact) mass is 201 g/mol. The van der Waals surface area contributed by atoms with Crippen LogP contribution in [0, 0.1) is 0 Å². The highest BCUT2D eigenvalue weighted by molar-refractivity contribution is 9.10. The summed E-state index contributed by atoms with van der Waals surface area (Å²) in [6.07, 6.45) is 4.05. The van der Waals surface area contributed by atoms with Crippen molar-refractivity contribution < 1.29 is 0 Å². The number of fused-ring (bicyclic) bond motifs is 1. The number of hydrogen-bond donors (Lipinski definition) is 1. The fourth-order valence-corrected chi connectivity index (χ4v) is 1.61. The third kappa shape index (κ3) is 0.876. The molecule has 0 amide bonds. The highest BCUT2D eigenvalue weighted by Gasteiger charge is 2.26. The third-order valence-corrected chi connectivity index (χ3v) is 2.31. The summed E-state index contributed by atoms with van der Waals surface area (Å²) in [6, 6.07) is 0. The topological polar surface area (TPSA) is 27.6 Å². The Morgan fingerprint density at radius 3 is 3.50 bits per heavy atom. The van der Waals surface area contributed by atoms with Gasteiger partial charge in [-0.2, -0.15) is 0 Å². The number of amidine groups is 1. The zero-order valence-corrected chi connectivity index (χ0v) is 7.00. The second kappa shape index (κ2) is 2.36. The molecule has 0 aliphatic carbocycles. The Balaban J connectivity index is 2.24. The molecular weight excluding hydrogens is 194 g/mol. The Labute approximate surface area is 67.9 Å². The first-order valence-corrected chi connectivity index (χ1v) is 4.17. The molecule has 4 heteroatoms. The molecule has 0 aromatic rings. The van der Waals surface area contributed by atoms with E-state index in [1.165, 1.54) is 0 Å². The average molecular weight is 202 g/mol. The van der Waals surface area contributed by atoms with Gasteiger partial charge in [-0.05, 0) is 6.08 Å². The standard InChI is InChI=1S/C6H8BrN3/c7-5-4-9-10-3-1-2-8-6(5)10/h1,3,5,9H,2,4H2. The summed E-state index contributed by atoms with van der Waals surface area (Å²) in [5.41, 5.74) is 3.18. The lowest BCUT2D eigenvalue weighted by Crippen LogP contribution is -2.31. The molecule has 0 saturated carbocycles. The Bertz CT molecular complexity index is 199. The van der Waals surface area contributed by atoms with Crippen LogP contribution in [0.3, 0.4) is 0 Å². The number of nitrogens with zero attached hydrogens (tertiary/aromatic N) is 2. The second-order valence-corrected chi connectivity index (χ2v) is 3.39. The predicted octanol–water partition coefficient (Wildman–Crippen LogP) is 0.496. The Kier molecular flexibility index (Phi) is 1.50. The number of hydrazine groups is 1. The molecule has 2 rings (SSSR count). The van der Waals surface area contributed by atoms with E-state index in [4.69, 9.17) is 0 Å². The van der Waals surface area contributed by atoms with E-state index in [2.05, 4.69) is 26.3 Å². The lowest BCUT2D eigenvalue weighted by molar-refractivity contribution is 0.456. The van der Waals surface area contributed by atoms with Crippen LogP contribution in [0.1, 0.15) is 0 Å². The third-order valence-electron chi connectivity index (χ3n) is 1.58. The van der Waals surface area contributed by atoms with Crippen molar-refractivity contribution in [3.8, 4) is 0 Å². The second-order valence-electron chi connectivity index (χ2n) is 2.28. The Morgan fingerprint density at radius 2 is 2.70 bits per heavy atom. The summed E-state index contributed by atoms with van der Waals surface area (Å²) < 4.78 is 0. The number of rotatable bonds is 0. The average Bonchev–Trinajstić information content (AvgIpc) is 2.34. The maximum atomic E-state index is 4.32. The number of nitrogens with one attached hydrogen (secondary N) is 1. The van der Waals surface area contributed by atoms with Crippen LogP contribution in [0.15, 0.2) is 17.3 Å². The zero-order chi connectivity index (χ0) is 6.97. The summed E-state index contributed by atoms with van der Waals surface area (Å²) in [4.78, 5) is 4.71. The van der Waals surface area contributed by atoms with Crippen molar-refractivity contribution in [3.05, 3.63) is 12.3 Å². The van der Waals surface area contributed by atoms with E-state index in [1.54, 1.807) is 0 Å². The number of alkyl halides is 1. The lowest BCUT2D eigenvalue weighted by atomic mass is 10.4. The molecule has 0 spiro atoms. The van der Waals surface area contributed by atoms with Crippen molar-refractivity contribution in [1.29, 1.82) is 0 Å². The van der Waals surface area contributed by atoms with Gasteiger partial charge in [0.1, 0.15) is 5.84 Å². The van der Waals surface area contributed by atoms with Crippen molar-refractivity contribution in [2.24, 2.45) is 4.99 Å². The van der Waals surface area contributed by atoms with Gasteiger partial charge in [-0.1, -0.05) is 15.9 Å². The van der Waals surface area contributed by atoms with Crippen LogP contribution in [0.5, 0.6) is 0 Å². The molecule has 0 radical (unpaired) electrons. The van der Waals surface area contributed by atoms with Crippen LogP contribution < -0.4 is 5.43 Å². The molecule has 1 N–H and O–H groups in total. The molecule has 2 aliphatic heterocycles. The Hall–Kier alpha value is -0.350. The predicted molar refractivity (Wildman–Crippen MR) is 44.0 cm³/mol. The summed E-state index contributed by atoms with van der Waals surface area (Å²) in [7, 11) is 0. The van der Waals surface area contributed by atoms with Gasteiger partial charge >= 0.3 is 0 Å². The van der Waals surface area contributed by atoms with Crippen LogP contribution in [0.25, 0.3) is 0 Å². The lowest BCUT2D eigenvalue weighted by Gasteiger charge is -2.16. The minimum atomic E-state index is 0.387. The normalized spacial score (nSPS) is 30.3. The smallest absolute Gasteiger partial charge is 0.133 e. The van der Waals surface area contributed by atoms with Crippen LogP contribution in [0.2, 0.25) is 0 Å². The molecule has 54 valence electrons. The molecule has 0 aromatic carbocycles. The van der Waals surface area contributed by atoms with Gasteiger partial charge in [0.2, 0.25) is 0 Å². The van der Waals surface area contributed by atoms with Gasteiger partial charge in [0.05, 0.1) is 11.4 Å². The van der Waals surface area contributed by atoms with E-state index in [0.717, 1.165) is 18.9 Å². The van der Waals surface area contributed by atoms with E-state index in [-0.39, 0.29) is 0 Å². The molecular formula is C6H8BrN3. The molecule has 1 atom stereocenters. The minimum Gasteiger partial charge on any atom is -0.270 e. The fourth-order valence-electron chi connectivity index (χ4n) is 1.10. The largest absolute Gasteiger partial charge is 0.270 e. The molecule has 1 fully saturated rings. The Morgan fingerprint density at radius 1 is 1.80 bits per heavy atom. The fraction of sp³-hybridized carbons (Fsp3) is 0.500. The minimum absolute atomic E-state index is 0.387. The summed E-state index contributed by atoms with van der Waals surface area (Å²) in [5.74, 6) is 1.10. The van der Waals surface area contributed by atoms with Gasteiger partial charge in [0.15, 0.2) is 0 Å². The summed E-state index contributed by atoms with van der Waals surface area (Å²) in [5, 5.41) is 1.96. The first-order chi connectivity index (χ1) is 4.88. The molecule has 0 aromatic heterocycles. The van der Waals surface area contributed by atoms with Gasteiger partial charge in [-0.15, -0.1) is 0 Å². The van der Waals surface area contributed by atoms with Gasteiger partial charge in [0.25, 0.3) is 0 Å². The van der Waals surface area contributed by atoms with E-state index in [9.17, 15) is 0 Å². The van der Waals surface area contributed by atoms with Crippen LogP contribution >= 0.6 is 15.9 Å². The molecule has 0 bridgehead atoms. The van der Waals surface area contributed by atoms with Crippen molar-refractivity contribution in [3.63, 3.8) is 0 Å². The number of aliphatic imine (C=N–C) groups is 1. The molecule has 3 nitrogen and oxygen atoms in total. The van der Waals surface area contributed by atoms with Gasteiger partial charge in [0, 0.05) is 12.7 Å². The molecule has 1 unspecified atom stereocenters. The van der Waals surface area contributed by atoms with E-state index in [0.29, 0.717) is 4.83 Å². The summed E-state index contributed by atoms with van der Waals surface area (Å²) in [6.45, 7) is 1.75. The van der Waals surface area contributed by atoms with Crippen molar-refractivity contribution in [2.45, 2.75) is 4.83 Å². The highest BCUT2D eigenvalue weighted by atomic mass is 79.9. The van der Waals surface area contributed by atoms with Gasteiger partial charge in [-0.3, -0.25) is 10.0 Å².